The topological polar surface area (TPSA) is 26.0 Å². The number of thiocarbonyl (C=S) groups is 1. The van der Waals surface area contributed by atoms with Gasteiger partial charge in [0.05, 0.1) is 4.99 Å². The van der Waals surface area contributed by atoms with Gasteiger partial charge in [-0.15, -0.1) is 0 Å². The highest BCUT2D eigenvalue weighted by atomic mass is 32.1. The Hall–Kier alpha value is -0.890. The standard InChI is InChI=1S/C22H33NS.H2/c1-4-11-20(3)12-13-22(19(23)24)15-18(20)14-21(5-2,16-22)17-9-7-6-8-10-17;/h6-10,18H,4-5,11-16H2,1-3H3,(H2,23,24);1H. The predicted octanol–water partition coefficient (Wildman–Crippen LogP) is 6.25. The molecular weight excluding hydrogens is 310 g/mol. The van der Waals surface area contributed by atoms with Crippen molar-refractivity contribution in [1.82, 2.24) is 0 Å². The molecule has 0 heterocycles. The van der Waals surface area contributed by atoms with Crippen LogP contribution in [0.1, 0.15) is 79.1 Å². The number of hydrogen-bond acceptors (Lipinski definition) is 1. The summed E-state index contributed by atoms with van der Waals surface area (Å²) in [7, 11) is 0. The van der Waals surface area contributed by atoms with E-state index in [1.165, 1.54) is 50.5 Å². The summed E-state index contributed by atoms with van der Waals surface area (Å²) in [6.07, 6.45) is 9.93. The van der Waals surface area contributed by atoms with Gasteiger partial charge in [0.1, 0.15) is 0 Å². The molecule has 0 aromatic heterocycles. The maximum Gasteiger partial charge on any atom is 0.0790 e. The molecule has 2 saturated carbocycles. The molecule has 2 fully saturated rings. The number of fused-ring (bicyclic) bond motifs is 2. The normalized spacial score (nSPS) is 38.7. The summed E-state index contributed by atoms with van der Waals surface area (Å²) in [6, 6.07) is 11.2. The smallest absolute Gasteiger partial charge is 0.0790 e. The van der Waals surface area contributed by atoms with Crippen LogP contribution in [-0.2, 0) is 5.41 Å². The van der Waals surface area contributed by atoms with E-state index in [1.54, 1.807) is 0 Å². The molecule has 134 valence electrons. The van der Waals surface area contributed by atoms with Gasteiger partial charge in [0.2, 0.25) is 0 Å². The minimum Gasteiger partial charge on any atom is -0.393 e. The van der Waals surface area contributed by atoms with E-state index in [4.69, 9.17) is 18.0 Å². The van der Waals surface area contributed by atoms with Crippen molar-refractivity contribution in [2.24, 2.45) is 22.5 Å². The highest BCUT2D eigenvalue weighted by Gasteiger charge is 2.56. The molecule has 1 aromatic carbocycles. The van der Waals surface area contributed by atoms with Crippen molar-refractivity contribution in [3.63, 3.8) is 0 Å². The van der Waals surface area contributed by atoms with Gasteiger partial charge in [0.25, 0.3) is 0 Å². The lowest BCUT2D eigenvalue weighted by molar-refractivity contribution is -0.0292. The zero-order chi connectivity index (χ0) is 17.4. The molecular formula is C22H35NS. The van der Waals surface area contributed by atoms with Crippen LogP contribution in [0.15, 0.2) is 30.3 Å². The lowest BCUT2D eigenvalue weighted by Crippen LogP contribution is -2.55. The molecule has 24 heavy (non-hydrogen) atoms. The van der Waals surface area contributed by atoms with Crippen molar-refractivity contribution in [3.05, 3.63) is 35.9 Å². The van der Waals surface area contributed by atoms with Crippen molar-refractivity contribution in [2.75, 3.05) is 0 Å². The van der Waals surface area contributed by atoms with Crippen LogP contribution in [0.25, 0.3) is 0 Å². The van der Waals surface area contributed by atoms with Crippen molar-refractivity contribution < 1.29 is 1.43 Å². The molecule has 2 N–H and O–H groups in total. The van der Waals surface area contributed by atoms with Crippen LogP contribution in [0, 0.1) is 16.7 Å². The monoisotopic (exact) mass is 345 g/mol. The van der Waals surface area contributed by atoms with Gasteiger partial charge in [0.15, 0.2) is 0 Å². The van der Waals surface area contributed by atoms with Crippen molar-refractivity contribution in [1.29, 1.82) is 0 Å². The third-order valence-electron chi connectivity index (χ3n) is 7.52. The number of rotatable bonds is 5. The van der Waals surface area contributed by atoms with Gasteiger partial charge < -0.3 is 5.73 Å². The number of benzene rings is 1. The molecule has 0 amide bonds. The van der Waals surface area contributed by atoms with Gasteiger partial charge in [0, 0.05) is 6.84 Å². The fourth-order valence-electron chi connectivity index (χ4n) is 5.92. The average Bonchev–Trinajstić information content (AvgIpc) is 2.59. The second-order valence-electron chi connectivity index (χ2n) is 8.83. The first kappa shape index (κ1) is 17.9. The van der Waals surface area contributed by atoms with Crippen LogP contribution in [0.3, 0.4) is 0 Å². The fourth-order valence-corrected chi connectivity index (χ4v) is 6.17. The molecule has 0 radical (unpaired) electrons. The lowest BCUT2D eigenvalue weighted by Gasteiger charge is -2.59. The Morgan fingerprint density at radius 3 is 2.50 bits per heavy atom. The Labute approximate surface area is 154 Å². The predicted molar refractivity (Wildman–Crippen MR) is 109 cm³/mol. The minimum atomic E-state index is 0. The highest BCUT2D eigenvalue weighted by molar-refractivity contribution is 7.80. The molecule has 3 rings (SSSR count). The van der Waals surface area contributed by atoms with Crippen molar-refractivity contribution >= 4 is 17.2 Å². The second-order valence-corrected chi connectivity index (χ2v) is 9.27. The van der Waals surface area contributed by atoms with E-state index < -0.39 is 0 Å². The summed E-state index contributed by atoms with van der Waals surface area (Å²) in [4.78, 5) is 0.777. The molecule has 4 unspecified atom stereocenters. The van der Waals surface area contributed by atoms with E-state index in [0.717, 1.165) is 17.3 Å². The Bertz CT molecular complexity index is 603. The SMILES string of the molecule is CCCC1(C)CCC2(C(N)=S)CC1CC(CC)(c1ccccc1)C2.[HH]. The van der Waals surface area contributed by atoms with E-state index in [0.29, 0.717) is 5.41 Å². The lowest BCUT2D eigenvalue weighted by atomic mass is 9.45. The van der Waals surface area contributed by atoms with E-state index in [-0.39, 0.29) is 12.3 Å². The summed E-state index contributed by atoms with van der Waals surface area (Å²) < 4.78 is 0. The molecule has 1 nitrogen and oxygen atoms in total. The molecule has 2 aliphatic rings. The summed E-state index contributed by atoms with van der Waals surface area (Å²) >= 11 is 5.63. The summed E-state index contributed by atoms with van der Waals surface area (Å²) in [6.45, 7) is 7.22. The van der Waals surface area contributed by atoms with Crippen LogP contribution in [0.2, 0.25) is 0 Å². The Morgan fingerprint density at radius 2 is 1.92 bits per heavy atom. The quantitative estimate of drug-likeness (QED) is 0.638. The van der Waals surface area contributed by atoms with Gasteiger partial charge in [-0.2, -0.15) is 0 Å². The van der Waals surface area contributed by atoms with Gasteiger partial charge in [-0.3, -0.25) is 0 Å². The zero-order valence-electron chi connectivity index (χ0n) is 15.6. The van der Waals surface area contributed by atoms with Crippen LogP contribution in [0.5, 0.6) is 0 Å². The summed E-state index contributed by atoms with van der Waals surface area (Å²) in [5, 5.41) is 0. The van der Waals surface area contributed by atoms with E-state index >= 15 is 0 Å². The second kappa shape index (κ2) is 6.44. The molecule has 1 aromatic rings. The van der Waals surface area contributed by atoms with Crippen molar-refractivity contribution in [3.8, 4) is 0 Å². The highest BCUT2D eigenvalue weighted by Crippen LogP contribution is 2.63. The van der Waals surface area contributed by atoms with E-state index in [9.17, 15) is 0 Å². The average molecular weight is 346 g/mol. The third kappa shape index (κ3) is 2.81. The Morgan fingerprint density at radius 1 is 1.21 bits per heavy atom. The van der Waals surface area contributed by atoms with Gasteiger partial charge in [-0.1, -0.05) is 69.7 Å². The first-order chi connectivity index (χ1) is 11.4. The molecule has 0 spiro atoms. The van der Waals surface area contributed by atoms with E-state index in [1.807, 2.05) is 0 Å². The molecule has 0 aliphatic heterocycles. The summed E-state index contributed by atoms with van der Waals surface area (Å²) in [5.74, 6) is 0.738. The van der Waals surface area contributed by atoms with Gasteiger partial charge in [-0.25, -0.2) is 0 Å². The zero-order valence-corrected chi connectivity index (χ0v) is 16.4. The molecule has 2 heteroatoms. The largest absolute Gasteiger partial charge is 0.393 e. The van der Waals surface area contributed by atoms with Gasteiger partial charge >= 0.3 is 0 Å². The van der Waals surface area contributed by atoms with Crippen LogP contribution in [-0.4, -0.2) is 4.99 Å². The van der Waals surface area contributed by atoms with Crippen LogP contribution >= 0.6 is 12.2 Å². The number of hydrogen-bond donors (Lipinski definition) is 1. The van der Waals surface area contributed by atoms with Gasteiger partial charge in [-0.05, 0) is 67.3 Å². The van der Waals surface area contributed by atoms with Crippen LogP contribution < -0.4 is 5.73 Å². The Kier molecular flexibility index (Phi) is 4.81. The molecule has 0 saturated heterocycles. The first-order valence-corrected chi connectivity index (χ1v) is 10.2. The summed E-state index contributed by atoms with van der Waals surface area (Å²) in [5.41, 5.74) is 8.63. The van der Waals surface area contributed by atoms with E-state index in [2.05, 4.69) is 51.1 Å². The maximum atomic E-state index is 6.36. The van der Waals surface area contributed by atoms with Crippen LogP contribution in [0.4, 0.5) is 0 Å². The Balaban J connectivity index is 0.00000225. The third-order valence-corrected chi connectivity index (χ3v) is 7.95. The molecule has 2 aliphatic carbocycles. The minimum absolute atomic E-state index is 0. The number of nitrogens with two attached hydrogens (primary N) is 1. The molecule has 4 atom stereocenters. The maximum absolute atomic E-state index is 6.36. The van der Waals surface area contributed by atoms with Crippen molar-refractivity contribution in [2.45, 2.75) is 77.6 Å². The first-order valence-electron chi connectivity index (χ1n) is 9.75. The fraction of sp³-hybridized carbons (Fsp3) is 0.682. The molecule has 2 bridgehead atoms.